The van der Waals surface area contributed by atoms with Crippen LogP contribution in [0.5, 0.6) is 0 Å². The Hall–Kier alpha value is -1.14. The highest BCUT2D eigenvalue weighted by atomic mass is 79.9. The van der Waals surface area contributed by atoms with Crippen LogP contribution in [0.4, 0.5) is 11.8 Å². The molecular weight excluding hydrogens is 312 g/mol. The molecule has 0 amide bonds. The van der Waals surface area contributed by atoms with E-state index in [0.29, 0.717) is 12.0 Å². The van der Waals surface area contributed by atoms with Crippen molar-refractivity contribution in [3.05, 3.63) is 32.6 Å². The number of thiophene rings is 1. The zero-order valence-electron chi connectivity index (χ0n) is 9.69. The topological polar surface area (TPSA) is 63.8 Å². The van der Waals surface area contributed by atoms with E-state index in [0.717, 1.165) is 16.7 Å². The summed E-state index contributed by atoms with van der Waals surface area (Å²) in [4.78, 5) is 9.67. The molecule has 2 aromatic rings. The summed E-state index contributed by atoms with van der Waals surface area (Å²) >= 11 is 5.29. The Morgan fingerprint density at radius 1 is 1.50 bits per heavy atom. The Morgan fingerprint density at radius 3 is 3.28 bits per heavy atom. The second-order valence-corrected chi connectivity index (χ2v) is 6.17. The lowest BCUT2D eigenvalue weighted by Crippen LogP contribution is -2.17. The van der Waals surface area contributed by atoms with Gasteiger partial charge in [-0.1, -0.05) is 0 Å². The van der Waals surface area contributed by atoms with Gasteiger partial charge in [-0.2, -0.15) is 4.98 Å². The second kappa shape index (κ2) is 4.85. The molecule has 3 rings (SSSR count). The minimum atomic E-state index is 0.294. The Balaban J connectivity index is 1.88. The van der Waals surface area contributed by atoms with Gasteiger partial charge in [0.2, 0.25) is 5.95 Å². The van der Waals surface area contributed by atoms with Crippen molar-refractivity contribution in [1.29, 1.82) is 0 Å². The van der Waals surface area contributed by atoms with Crippen LogP contribution < -0.4 is 11.1 Å². The molecule has 0 radical (unpaired) electrons. The van der Waals surface area contributed by atoms with Crippen molar-refractivity contribution in [3.8, 4) is 0 Å². The molecular formula is C12H13BrN4S. The third-order valence-electron chi connectivity index (χ3n) is 3.13. The number of hydrogen-bond acceptors (Lipinski definition) is 5. The first-order valence-corrected chi connectivity index (χ1v) is 7.52. The molecule has 0 saturated carbocycles. The van der Waals surface area contributed by atoms with Crippen LogP contribution in [0.1, 0.15) is 29.3 Å². The SMILES string of the molecule is Nc1ncc(Br)c(NC2CCCc3sccc32)n1. The van der Waals surface area contributed by atoms with Crippen LogP contribution in [0.3, 0.4) is 0 Å². The average molecular weight is 325 g/mol. The van der Waals surface area contributed by atoms with Crippen molar-refractivity contribution in [3.63, 3.8) is 0 Å². The summed E-state index contributed by atoms with van der Waals surface area (Å²) in [6.07, 6.45) is 5.21. The number of rotatable bonds is 2. The highest BCUT2D eigenvalue weighted by Gasteiger charge is 2.22. The Kier molecular flexibility index (Phi) is 3.22. The fourth-order valence-electron chi connectivity index (χ4n) is 2.28. The molecule has 1 aliphatic carbocycles. The van der Waals surface area contributed by atoms with Crippen molar-refractivity contribution >= 4 is 39.0 Å². The van der Waals surface area contributed by atoms with Gasteiger partial charge < -0.3 is 11.1 Å². The summed E-state index contributed by atoms with van der Waals surface area (Å²) in [6.45, 7) is 0. The van der Waals surface area contributed by atoms with Gasteiger partial charge in [0, 0.05) is 11.1 Å². The molecule has 1 atom stereocenters. The summed E-state index contributed by atoms with van der Waals surface area (Å²) < 4.78 is 0.846. The molecule has 1 aliphatic rings. The van der Waals surface area contributed by atoms with Gasteiger partial charge in [-0.15, -0.1) is 11.3 Å². The van der Waals surface area contributed by atoms with Crippen LogP contribution in [-0.2, 0) is 6.42 Å². The number of nitrogens with one attached hydrogen (secondary N) is 1. The number of halogens is 1. The van der Waals surface area contributed by atoms with Crippen LogP contribution in [-0.4, -0.2) is 9.97 Å². The summed E-state index contributed by atoms with van der Waals surface area (Å²) in [5, 5.41) is 5.62. The smallest absolute Gasteiger partial charge is 0.221 e. The maximum Gasteiger partial charge on any atom is 0.221 e. The second-order valence-electron chi connectivity index (χ2n) is 4.31. The number of anilines is 2. The molecule has 94 valence electrons. The maximum absolute atomic E-state index is 5.63. The number of aromatic nitrogens is 2. The fourth-order valence-corrected chi connectivity index (χ4v) is 3.58. The normalized spacial score (nSPS) is 18.4. The predicted molar refractivity (Wildman–Crippen MR) is 77.8 cm³/mol. The molecule has 0 saturated heterocycles. The van der Waals surface area contributed by atoms with E-state index in [1.54, 1.807) is 6.20 Å². The van der Waals surface area contributed by atoms with E-state index in [-0.39, 0.29) is 0 Å². The number of aryl methyl sites for hydroxylation is 1. The number of hydrogen-bond donors (Lipinski definition) is 2. The first kappa shape index (κ1) is 11.9. The Bertz CT molecular complexity index is 569. The minimum absolute atomic E-state index is 0.294. The predicted octanol–water partition coefficient (Wildman–Crippen LogP) is 3.37. The molecule has 0 bridgehead atoms. The monoisotopic (exact) mass is 324 g/mol. The average Bonchev–Trinajstić information content (AvgIpc) is 2.83. The highest BCUT2D eigenvalue weighted by Crippen LogP contribution is 2.36. The van der Waals surface area contributed by atoms with Crippen LogP contribution in [0.2, 0.25) is 0 Å². The van der Waals surface area contributed by atoms with Crippen LogP contribution in [0.15, 0.2) is 22.1 Å². The molecule has 6 heteroatoms. The largest absolute Gasteiger partial charge is 0.368 e. The number of nitrogens with zero attached hydrogens (tertiary/aromatic N) is 2. The lowest BCUT2D eigenvalue weighted by atomic mass is 9.94. The quantitative estimate of drug-likeness (QED) is 0.888. The summed E-state index contributed by atoms with van der Waals surface area (Å²) in [7, 11) is 0. The molecule has 0 aliphatic heterocycles. The molecule has 18 heavy (non-hydrogen) atoms. The van der Waals surface area contributed by atoms with Crippen molar-refractivity contribution < 1.29 is 0 Å². The van der Waals surface area contributed by atoms with Gasteiger partial charge in [0.25, 0.3) is 0 Å². The number of nitrogens with two attached hydrogens (primary N) is 1. The van der Waals surface area contributed by atoms with Crippen LogP contribution in [0, 0.1) is 0 Å². The van der Waals surface area contributed by atoms with E-state index in [9.17, 15) is 0 Å². The van der Waals surface area contributed by atoms with E-state index in [1.165, 1.54) is 23.3 Å². The molecule has 0 aromatic carbocycles. The minimum Gasteiger partial charge on any atom is -0.368 e. The lowest BCUT2D eigenvalue weighted by Gasteiger charge is -2.24. The molecule has 4 nitrogen and oxygen atoms in total. The number of nitrogen functional groups attached to an aromatic ring is 1. The third-order valence-corrected chi connectivity index (χ3v) is 4.70. The maximum atomic E-state index is 5.63. The summed E-state index contributed by atoms with van der Waals surface area (Å²) in [5.41, 5.74) is 7.02. The zero-order valence-corrected chi connectivity index (χ0v) is 12.1. The van der Waals surface area contributed by atoms with Gasteiger partial charge >= 0.3 is 0 Å². The Morgan fingerprint density at radius 2 is 2.39 bits per heavy atom. The van der Waals surface area contributed by atoms with E-state index in [1.807, 2.05) is 11.3 Å². The number of fused-ring (bicyclic) bond motifs is 1. The molecule has 2 aromatic heterocycles. The standard InChI is InChI=1S/C12H13BrN4S/c13-8-6-15-12(14)17-11(8)16-9-2-1-3-10-7(9)4-5-18-10/h4-6,9H,1-3H2,(H3,14,15,16,17). The van der Waals surface area contributed by atoms with Gasteiger partial charge in [-0.3, -0.25) is 0 Å². The highest BCUT2D eigenvalue weighted by molar-refractivity contribution is 9.10. The Labute approximate surface area is 118 Å². The van der Waals surface area contributed by atoms with Gasteiger partial charge in [-0.05, 0) is 52.2 Å². The van der Waals surface area contributed by atoms with Crippen molar-refractivity contribution in [2.75, 3.05) is 11.1 Å². The van der Waals surface area contributed by atoms with Gasteiger partial charge in [-0.25, -0.2) is 4.98 Å². The van der Waals surface area contributed by atoms with Crippen molar-refractivity contribution in [2.24, 2.45) is 0 Å². The van der Waals surface area contributed by atoms with Crippen LogP contribution >= 0.6 is 27.3 Å². The van der Waals surface area contributed by atoms with Gasteiger partial charge in [0.15, 0.2) is 0 Å². The molecule has 3 N–H and O–H groups in total. The summed E-state index contributed by atoms with van der Waals surface area (Å²) in [5.74, 6) is 1.06. The first-order chi connectivity index (χ1) is 8.74. The third kappa shape index (κ3) is 2.22. The van der Waals surface area contributed by atoms with Crippen molar-refractivity contribution in [1.82, 2.24) is 9.97 Å². The first-order valence-electron chi connectivity index (χ1n) is 5.85. The van der Waals surface area contributed by atoms with E-state index < -0.39 is 0 Å². The molecule has 0 fully saturated rings. The van der Waals surface area contributed by atoms with E-state index in [4.69, 9.17) is 5.73 Å². The van der Waals surface area contributed by atoms with Gasteiger partial charge in [0.1, 0.15) is 5.82 Å². The van der Waals surface area contributed by atoms with Gasteiger partial charge in [0.05, 0.1) is 10.5 Å². The fraction of sp³-hybridized carbons (Fsp3) is 0.333. The zero-order chi connectivity index (χ0) is 12.5. The lowest BCUT2D eigenvalue weighted by molar-refractivity contribution is 0.606. The molecule has 0 spiro atoms. The molecule has 2 heterocycles. The van der Waals surface area contributed by atoms with Crippen molar-refractivity contribution in [2.45, 2.75) is 25.3 Å². The summed E-state index contributed by atoms with van der Waals surface area (Å²) in [6, 6.07) is 2.53. The van der Waals surface area contributed by atoms with Crippen LogP contribution in [0.25, 0.3) is 0 Å². The molecule has 1 unspecified atom stereocenters. The van der Waals surface area contributed by atoms with E-state index >= 15 is 0 Å². The van der Waals surface area contributed by atoms with E-state index in [2.05, 4.69) is 42.7 Å².